The van der Waals surface area contributed by atoms with Gasteiger partial charge in [-0.3, -0.25) is 4.79 Å². The summed E-state index contributed by atoms with van der Waals surface area (Å²) in [6, 6.07) is 15.0. The highest BCUT2D eigenvalue weighted by molar-refractivity contribution is 6.34. The molecule has 0 aliphatic rings. The highest BCUT2D eigenvalue weighted by atomic mass is 35.5. The Morgan fingerprint density at radius 1 is 1.24 bits per heavy atom. The van der Waals surface area contributed by atoms with Crippen molar-refractivity contribution in [2.24, 2.45) is 0 Å². The molecule has 0 fully saturated rings. The summed E-state index contributed by atoms with van der Waals surface area (Å²) in [5.74, 6) is -0.0792. The molecule has 2 rings (SSSR count). The SMILES string of the molecule is CN(CCC(=O)Nc1ccc(N)cc1Cl)c1ccccc1. The van der Waals surface area contributed by atoms with E-state index in [-0.39, 0.29) is 5.91 Å². The maximum Gasteiger partial charge on any atom is 0.226 e. The largest absolute Gasteiger partial charge is 0.399 e. The fourth-order valence-corrected chi connectivity index (χ4v) is 2.16. The van der Waals surface area contributed by atoms with Crippen LogP contribution in [0.25, 0.3) is 0 Å². The Labute approximate surface area is 129 Å². The van der Waals surface area contributed by atoms with Gasteiger partial charge in [-0.25, -0.2) is 0 Å². The van der Waals surface area contributed by atoms with E-state index >= 15 is 0 Å². The summed E-state index contributed by atoms with van der Waals surface area (Å²) in [6.07, 6.45) is 0.381. The summed E-state index contributed by atoms with van der Waals surface area (Å²) in [4.78, 5) is 14.0. The molecule has 0 spiro atoms. The minimum Gasteiger partial charge on any atom is -0.399 e. The average molecular weight is 304 g/mol. The Kier molecular flexibility index (Phi) is 5.06. The lowest BCUT2D eigenvalue weighted by molar-refractivity contribution is -0.116. The molecular weight excluding hydrogens is 286 g/mol. The molecule has 0 heterocycles. The number of nitrogens with two attached hydrogens (primary N) is 1. The molecule has 0 aliphatic carbocycles. The normalized spacial score (nSPS) is 10.2. The van der Waals surface area contributed by atoms with Crippen LogP contribution >= 0.6 is 11.6 Å². The van der Waals surface area contributed by atoms with Crippen molar-refractivity contribution in [3.63, 3.8) is 0 Å². The maximum atomic E-state index is 12.0. The quantitative estimate of drug-likeness (QED) is 0.832. The highest BCUT2D eigenvalue weighted by Crippen LogP contribution is 2.24. The number of halogens is 1. The lowest BCUT2D eigenvalue weighted by Crippen LogP contribution is -2.23. The molecule has 5 heteroatoms. The van der Waals surface area contributed by atoms with Crippen LogP contribution in [0.15, 0.2) is 48.5 Å². The first kappa shape index (κ1) is 15.2. The summed E-state index contributed by atoms with van der Waals surface area (Å²) < 4.78 is 0. The van der Waals surface area contributed by atoms with Crippen LogP contribution in [0.4, 0.5) is 17.1 Å². The standard InChI is InChI=1S/C16H18ClN3O/c1-20(13-5-3-2-4-6-13)10-9-16(21)19-15-8-7-12(18)11-14(15)17/h2-8,11H,9-10,18H2,1H3,(H,19,21). The van der Waals surface area contributed by atoms with Crippen LogP contribution in [0.5, 0.6) is 0 Å². The monoisotopic (exact) mass is 303 g/mol. The Morgan fingerprint density at radius 2 is 1.95 bits per heavy atom. The molecule has 2 aromatic carbocycles. The summed E-state index contributed by atoms with van der Waals surface area (Å²) in [5.41, 5.74) is 7.85. The fraction of sp³-hybridized carbons (Fsp3) is 0.188. The second-order valence-corrected chi connectivity index (χ2v) is 5.20. The van der Waals surface area contributed by atoms with Gasteiger partial charge in [0, 0.05) is 31.4 Å². The Hall–Kier alpha value is -2.20. The fourth-order valence-electron chi connectivity index (χ4n) is 1.93. The van der Waals surface area contributed by atoms with Gasteiger partial charge >= 0.3 is 0 Å². The van der Waals surface area contributed by atoms with Gasteiger partial charge in [-0.05, 0) is 30.3 Å². The molecule has 0 bridgehead atoms. The molecule has 1 amide bonds. The van der Waals surface area contributed by atoms with E-state index in [1.165, 1.54) is 0 Å². The van der Waals surface area contributed by atoms with Crippen LogP contribution in [-0.2, 0) is 4.79 Å². The molecule has 0 unspecified atom stereocenters. The molecular formula is C16H18ClN3O. The molecule has 2 aromatic rings. The van der Waals surface area contributed by atoms with Crippen LogP contribution in [-0.4, -0.2) is 19.5 Å². The van der Waals surface area contributed by atoms with Gasteiger partial charge in [0.25, 0.3) is 0 Å². The van der Waals surface area contributed by atoms with Gasteiger partial charge in [0.05, 0.1) is 10.7 Å². The molecule has 0 atom stereocenters. The van der Waals surface area contributed by atoms with Crippen molar-refractivity contribution in [2.45, 2.75) is 6.42 Å². The minimum absolute atomic E-state index is 0.0792. The van der Waals surface area contributed by atoms with Crippen molar-refractivity contribution in [1.82, 2.24) is 0 Å². The third kappa shape index (κ3) is 4.39. The molecule has 0 saturated heterocycles. The summed E-state index contributed by atoms with van der Waals surface area (Å²) in [5, 5.41) is 3.24. The van der Waals surface area contributed by atoms with Crippen molar-refractivity contribution in [1.29, 1.82) is 0 Å². The van der Waals surface area contributed by atoms with Gasteiger partial charge in [-0.1, -0.05) is 29.8 Å². The van der Waals surface area contributed by atoms with Crippen LogP contribution in [0, 0.1) is 0 Å². The molecule has 0 saturated carbocycles. The van der Waals surface area contributed by atoms with Crippen molar-refractivity contribution in [2.75, 3.05) is 29.5 Å². The van der Waals surface area contributed by atoms with Crippen LogP contribution < -0.4 is 16.0 Å². The molecule has 0 radical (unpaired) electrons. The number of nitrogens with zero attached hydrogens (tertiary/aromatic N) is 1. The molecule has 4 nitrogen and oxygen atoms in total. The zero-order chi connectivity index (χ0) is 15.2. The third-order valence-corrected chi connectivity index (χ3v) is 3.45. The molecule has 3 N–H and O–H groups in total. The van der Waals surface area contributed by atoms with E-state index in [4.69, 9.17) is 17.3 Å². The van der Waals surface area contributed by atoms with Gasteiger partial charge in [0.1, 0.15) is 0 Å². The first-order chi connectivity index (χ1) is 10.1. The Balaban J connectivity index is 1.87. The van der Waals surface area contributed by atoms with Gasteiger partial charge in [0.2, 0.25) is 5.91 Å². The number of carbonyl (C=O) groups excluding carboxylic acids is 1. The van der Waals surface area contributed by atoms with Crippen LogP contribution in [0.2, 0.25) is 5.02 Å². The molecule has 0 aliphatic heterocycles. The van der Waals surface area contributed by atoms with E-state index in [0.29, 0.717) is 29.4 Å². The molecule has 21 heavy (non-hydrogen) atoms. The third-order valence-electron chi connectivity index (χ3n) is 3.14. The molecule has 0 aromatic heterocycles. The average Bonchev–Trinajstić information content (AvgIpc) is 2.48. The Morgan fingerprint density at radius 3 is 2.62 bits per heavy atom. The van der Waals surface area contributed by atoms with Crippen LogP contribution in [0.1, 0.15) is 6.42 Å². The van der Waals surface area contributed by atoms with Gasteiger partial charge in [0.15, 0.2) is 0 Å². The number of anilines is 3. The lowest BCUT2D eigenvalue weighted by Gasteiger charge is -2.18. The van der Waals surface area contributed by atoms with Crippen molar-refractivity contribution in [3.8, 4) is 0 Å². The number of para-hydroxylation sites is 1. The zero-order valence-corrected chi connectivity index (χ0v) is 12.6. The second kappa shape index (κ2) is 6.99. The number of nitrogens with one attached hydrogen (secondary N) is 1. The predicted molar refractivity (Wildman–Crippen MR) is 88.8 cm³/mol. The summed E-state index contributed by atoms with van der Waals surface area (Å²) in [6.45, 7) is 0.627. The van der Waals surface area contributed by atoms with E-state index in [0.717, 1.165) is 5.69 Å². The second-order valence-electron chi connectivity index (χ2n) is 4.79. The van der Waals surface area contributed by atoms with E-state index in [1.54, 1.807) is 18.2 Å². The zero-order valence-electron chi connectivity index (χ0n) is 11.8. The first-order valence-electron chi connectivity index (χ1n) is 6.67. The lowest BCUT2D eigenvalue weighted by atomic mass is 10.2. The minimum atomic E-state index is -0.0792. The number of hydrogen-bond donors (Lipinski definition) is 2. The topological polar surface area (TPSA) is 58.4 Å². The number of rotatable bonds is 5. The summed E-state index contributed by atoms with van der Waals surface area (Å²) >= 11 is 6.03. The van der Waals surface area contributed by atoms with Crippen molar-refractivity contribution < 1.29 is 4.79 Å². The number of nitrogen functional groups attached to an aromatic ring is 1. The number of amides is 1. The van der Waals surface area contributed by atoms with E-state index in [2.05, 4.69) is 5.32 Å². The Bertz CT molecular complexity index is 616. The smallest absolute Gasteiger partial charge is 0.226 e. The number of benzene rings is 2. The van der Waals surface area contributed by atoms with E-state index < -0.39 is 0 Å². The van der Waals surface area contributed by atoms with Crippen LogP contribution in [0.3, 0.4) is 0 Å². The molecule has 110 valence electrons. The van der Waals surface area contributed by atoms with Gasteiger partial charge in [-0.15, -0.1) is 0 Å². The van der Waals surface area contributed by atoms with Crippen molar-refractivity contribution >= 4 is 34.6 Å². The van der Waals surface area contributed by atoms with Crippen molar-refractivity contribution in [3.05, 3.63) is 53.6 Å². The first-order valence-corrected chi connectivity index (χ1v) is 7.05. The highest BCUT2D eigenvalue weighted by Gasteiger charge is 2.08. The number of carbonyl (C=O) groups is 1. The summed E-state index contributed by atoms with van der Waals surface area (Å²) in [7, 11) is 1.96. The maximum absolute atomic E-state index is 12.0. The van der Waals surface area contributed by atoms with E-state index in [9.17, 15) is 4.79 Å². The number of hydrogen-bond acceptors (Lipinski definition) is 3. The van der Waals surface area contributed by atoms with Gasteiger partial charge in [-0.2, -0.15) is 0 Å². The van der Waals surface area contributed by atoms with Gasteiger partial charge < -0.3 is 16.0 Å². The predicted octanol–water partition coefficient (Wildman–Crippen LogP) is 3.39. The van der Waals surface area contributed by atoms with E-state index in [1.807, 2.05) is 42.3 Å².